The summed E-state index contributed by atoms with van der Waals surface area (Å²) in [4.78, 5) is 0.0258. The molecular formula is C24H37FN2O2SSn. The number of unbranched alkanes of at least 4 members (excludes halogenated alkanes) is 3. The molecule has 172 valence electrons. The first-order valence-electron chi connectivity index (χ1n) is 11.7. The van der Waals surface area contributed by atoms with Gasteiger partial charge in [0.25, 0.3) is 0 Å². The molecule has 0 aliphatic carbocycles. The second kappa shape index (κ2) is 12.4. The van der Waals surface area contributed by atoms with Gasteiger partial charge in [-0.05, 0) is 0 Å². The zero-order valence-electron chi connectivity index (χ0n) is 19.5. The van der Waals surface area contributed by atoms with Gasteiger partial charge in [-0.25, -0.2) is 0 Å². The molecule has 0 spiro atoms. The predicted molar refractivity (Wildman–Crippen MR) is 128 cm³/mol. The van der Waals surface area contributed by atoms with E-state index in [-0.39, 0.29) is 10.6 Å². The van der Waals surface area contributed by atoms with Gasteiger partial charge < -0.3 is 0 Å². The Balaban J connectivity index is 2.29. The van der Waals surface area contributed by atoms with Crippen molar-refractivity contribution in [2.45, 2.75) is 93.8 Å². The molecule has 2 radical (unpaired) electrons. The van der Waals surface area contributed by atoms with Crippen LogP contribution in [0.3, 0.4) is 0 Å². The number of sulfone groups is 1. The summed E-state index contributed by atoms with van der Waals surface area (Å²) in [5.41, 5.74) is 0.307. The van der Waals surface area contributed by atoms with E-state index in [4.69, 9.17) is 0 Å². The maximum absolute atomic E-state index is 14.7. The quantitative estimate of drug-likeness (QED) is 0.275. The Labute approximate surface area is 198 Å². The van der Waals surface area contributed by atoms with Crippen molar-refractivity contribution in [2.24, 2.45) is 0 Å². The van der Waals surface area contributed by atoms with Gasteiger partial charge in [0, 0.05) is 0 Å². The van der Waals surface area contributed by atoms with Crippen LogP contribution in [0.15, 0.2) is 35.5 Å². The Morgan fingerprint density at radius 2 is 1.58 bits per heavy atom. The van der Waals surface area contributed by atoms with Gasteiger partial charge in [0.1, 0.15) is 0 Å². The van der Waals surface area contributed by atoms with E-state index in [1.807, 2.05) is 12.4 Å². The van der Waals surface area contributed by atoms with Crippen LogP contribution in [0.2, 0.25) is 3.43 Å². The summed E-state index contributed by atoms with van der Waals surface area (Å²) in [6.07, 6.45) is 15.2. The van der Waals surface area contributed by atoms with Crippen molar-refractivity contribution >= 4 is 34.6 Å². The van der Waals surface area contributed by atoms with Crippen LogP contribution in [0.25, 0.3) is 5.69 Å². The molecule has 0 aliphatic heterocycles. The van der Waals surface area contributed by atoms with Gasteiger partial charge >= 0.3 is 199 Å². The molecule has 0 fully saturated rings. The first-order chi connectivity index (χ1) is 14.8. The molecule has 0 saturated carbocycles. The fraction of sp³-hybridized carbons (Fsp3) is 0.625. The van der Waals surface area contributed by atoms with Crippen molar-refractivity contribution in [1.29, 1.82) is 0 Å². The summed E-state index contributed by atoms with van der Waals surface area (Å²) in [7, 11) is -3.43. The Morgan fingerprint density at radius 1 is 1.00 bits per heavy atom. The van der Waals surface area contributed by atoms with Gasteiger partial charge in [-0.2, -0.15) is 0 Å². The van der Waals surface area contributed by atoms with E-state index in [0.29, 0.717) is 9.12 Å². The molecule has 0 bridgehead atoms. The molecular weight excluding hydrogens is 518 g/mol. The van der Waals surface area contributed by atoms with Crippen LogP contribution in [-0.2, 0) is 9.84 Å². The molecule has 2 aromatic rings. The molecule has 1 aromatic heterocycles. The van der Waals surface area contributed by atoms with Crippen molar-refractivity contribution in [1.82, 2.24) is 9.78 Å². The molecule has 2 rings (SSSR count). The van der Waals surface area contributed by atoms with Crippen LogP contribution in [0, 0.1) is 5.82 Å². The van der Waals surface area contributed by atoms with Crippen molar-refractivity contribution < 1.29 is 12.8 Å². The molecule has 0 amide bonds. The average Bonchev–Trinajstić information content (AvgIpc) is 3.22. The molecule has 1 aromatic carbocycles. The molecule has 0 saturated heterocycles. The van der Waals surface area contributed by atoms with Crippen molar-refractivity contribution in [3.8, 4) is 5.69 Å². The summed E-state index contributed by atoms with van der Waals surface area (Å²) in [6.45, 7) is 8.35. The number of halogens is 1. The fourth-order valence-electron chi connectivity index (χ4n) is 3.97. The van der Waals surface area contributed by atoms with Crippen LogP contribution < -0.4 is 3.58 Å². The third kappa shape index (κ3) is 7.31. The Bertz CT molecular complexity index is 906. The van der Waals surface area contributed by atoms with E-state index in [0.717, 1.165) is 6.07 Å². The van der Waals surface area contributed by atoms with Crippen LogP contribution >= 0.6 is 0 Å². The Kier molecular flexibility index (Phi) is 10.5. The fourth-order valence-corrected chi connectivity index (χ4v) is 10.1. The van der Waals surface area contributed by atoms with E-state index in [1.165, 1.54) is 73.5 Å². The van der Waals surface area contributed by atoms with E-state index >= 15 is 0 Å². The van der Waals surface area contributed by atoms with E-state index < -0.39 is 36.8 Å². The van der Waals surface area contributed by atoms with Crippen LogP contribution in [0.4, 0.5) is 4.39 Å². The summed E-state index contributed by atoms with van der Waals surface area (Å²) in [5.74, 6) is -0.594. The Hall–Kier alpha value is -0.891. The third-order valence-corrected chi connectivity index (χ3v) is 12.9. The topological polar surface area (TPSA) is 52.0 Å². The Morgan fingerprint density at radius 3 is 2.06 bits per heavy atom. The number of rotatable bonds is 14. The summed E-state index contributed by atoms with van der Waals surface area (Å²) in [5, 5.41) is 4.45. The zero-order valence-corrected chi connectivity index (χ0v) is 23.1. The van der Waals surface area contributed by atoms with Crippen molar-refractivity contribution in [2.75, 3.05) is 5.75 Å². The number of benzene rings is 1. The molecule has 7 heteroatoms. The third-order valence-electron chi connectivity index (χ3n) is 5.92. The van der Waals surface area contributed by atoms with E-state index in [1.54, 1.807) is 11.6 Å². The summed E-state index contributed by atoms with van der Waals surface area (Å²) >= 11 is -0.945. The first-order valence-corrected chi connectivity index (χ1v) is 16.2. The number of aromatic nitrogens is 2. The van der Waals surface area contributed by atoms with Crippen LogP contribution in [0.1, 0.15) is 85.5 Å². The van der Waals surface area contributed by atoms with Gasteiger partial charge in [-0.3, -0.25) is 0 Å². The SMILES string of the molecule is CCCC[C](CCCC)(CCCC)[Sn][c]1cnn(-c2ccc(S(=O)(=O)CC)cc2F)c1. The molecule has 0 atom stereocenters. The summed E-state index contributed by atoms with van der Waals surface area (Å²) < 4.78 is 42.1. The maximum atomic E-state index is 14.7. The number of nitrogens with zero attached hydrogens (tertiary/aromatic N) is 2. The minimum absolute atomic E-state index is 0.0258. The second-order valence-electron chi connectivity index (χ2n) is 8.41. The van der Waals surface area contributed by atoms with Gasteiger partial charge in [-0.15, -0.1) is 0 Å². The molecule has 0 N–H and O–H groups in total. The normalized spacial score (nSPS) is 12.4. The molecule has 31 heavy (non-hydrogen) atoms. The van der Waals surface area contributed by atoms with Gasteiger partial charge in [-0.1, -0.05) is 0 Å². The molecule has 0 unspecified atom stereocenters. The molecule has 4 nitrogen and oxygen atoms in total. The van der Waals surface area contributed by atoms with Gasteiger partial charge in [0.15, 0.2) is 0 Å². The number of hydrogen-bond acceptors (Lipinski definition) is 3. The van der Waals surface area contributed by atoms with Crippen molar-refractivity contribution in [3.63, 3.8) is 0 Å². The standard InChI is InChI=1S/C13H27.C11H10FN2O2S.Sn/c1-4-7-10-13(11-8-5-2)12-9-6-3;1-2-17(15,16)9-4-5-11(10(12)8-9)14-7-3-6-13-14;/h4-12H2,1-3H3;4-8H,2H2,1H3;. The second-order valence-corrected chi connectivity index (χ2v) is 16.1. The van der Waals surface area contributed by atoms with E-state index in [9.17, 15) is 12.8 Å². The van der Waals surface area contributed by atoms with Gasteiger partial charge in [0.05, 0.1) is 0 Å². The van der Waals surface area contributed by atoms with Crippen molar-refractivity contribution in [3.05, 3.63) is 36.4 Å². The average molecular weight is 555 g/mol. The summed E-state index contributed by atoms with van der Waals surface area (Å²) in [6, 6.07) is 4.12. The monoisotopic (exact) mass is 556 g/mol. The van der Waals surface area contributed by atoms with Gasteiger partial charge in [0.2, 0.25) is 0 Å². The van der Waals surface area contributed by atoms with Crippen LogP contribution in [0.5, 0.6) is 0 Å². The zero-order chi connectivity index (χ0) is 22.9. The first kappa shape index (κ1) is 26.4. The minimum atomic E-state index is -3.43. The van der Waals surface area contributed by atoms with Crippen LogP contribution in [-0.4, -0.2) is 45.1 Å². The van der Waals surface area contributed by atoms with E-state index in [2.05, 4.69) is 25.9 Å². The number of hydrogen-bond donors (Lipinski definition) is 0. The predicted octanol–water partition coefficient (Wildman–Crippen LogP) is 5.86. The molecule has 0 aliphatic rings. The molecule has 1 heterocycles.